The molecule has 0 saturated heterocycles. The van der Waals surface area contributed by atoms with E-state index in [1.165, 1.54) is 16.4 Å². The van der Waals surface area contributed by atoms with Crippen molar-refractivity contribution >= 4 is 17.5 Å². The summed E-state index contributed by atoms with van der Waals surface area (Å²) >= 11 is 0. The molecule has 0 aliphatic heterocycles. The first kappa shape index (κ1) is 23.8. The molecule has 35 heavy (non-hydrogen) atoms. The zero-order chi connectivity index (χ0) is 24.8. The van der Waals surface area contributed by atoms with Gasteiger partial charge in [-0.1, -0.05) is 38.1 Å². The van der Waals surface area contributed by atoms with Crippen LogP contribution in [0.25, 0.3) is 0 Å². The van der Waals surface area contributed by atoms with Crippen LogP contribution in [0.3, 0.4) is 0 Å². The Bertz CT molecular complexity index is 1290. The van der Waals surface area contributed by atoms with Crippen molar-refractivity contribution < 1.29 is 18.7 Å². The zero-order valence-corrected chi connectivity index (χ0v) is 19.9. The second kappa shape index (κ2) is 10.7. The third-order valence-electron chi connectivity index (χ3n) is 5.55. The van der Waals surface area contributed by atoms with E-state index in [1.807, 2.05) is 18.2 Å². The second-order valence-corrected chi connectivity index (χ2v) is 8.46. The van der Waals surface area contributed by atoms with Crippen LogP contribution in [-0.4, -0.2) is 21.6 Å². The van der Waals surface area contributed by atoms with Gasteiger partial charge in [-0.15, -0.1) is 0 Å². The number of rotatable bonds is 9. The van der Waals surface area contributed by atoms with Gasteiger partial charge < -0.3 is 19.8 Å². The Kier molecular flexibility index (Phi) is 7.30. The number of hydrogen-bond acceptors (Lipinski definition) is 5. The van der Waals surface area contributed by atoms with Gasteiger partial charge in [-0.25, -0.2) is 0 Å². The van der Waals surface area contributed by atoms with E-state index >= 15 is 0 Å². The Hall–Kier alpha value is -4.33. The minimum absolute atomic E-state index is 0.229. The lowest BCUT2D eigenvalue weighted by Gasteiger charge is -2.11. The predicted molar refractivity (Wildman–Crippen MR) is 132 cm³/mol. The van der Waals surface area contributed by atoms with Crippen LogP contribution >= 0.6 is 0 Å². The minimum atomic E-state index is -0.373. The van der Waals surface area contributed by atoms with E-state index in [4.69, 9.17) is 9.15 Å². The van der Waals surface area contributed by atoms with Crippen LogP contribution in [-0.2, 0) is 20.2 Å². The van der Waals surface area contributed by atoms with Crippen molar-refractivity contribution in [3.8, 4) is 5.75 Å². The Morgan fingerprint density at radius 1 is 1.06 bits per heavy atom. The fourth-order valence-electron chi connectivity index (χ4n) is 3.58. The third kappa shape index (κ3) is 5.97. The summed E-state index contributed by atoms with van der Waals surface area (Å²) in [6.45, 7) is 4.85. The topological polar surface area (TPSA) is 98.4 Å². The molecule has 2 heterocycles. The molecule has 2 aromatic heterocycles. The van der Waals surface area contributed by atoms with Gasteiger partial charge >= 0.3 is 0 Å². The largest absolute Gasteiger partial charge is 0.489 e. The zero-order valence-electron chi connectivity index (χ0n) is 19.9. The van der Waals surface area contributed by atoms with Crippen LogP contribution in [0.4, 0.5) is 5.69 Å². The van der Waals surface area contributed by atoms with E-state index in [1.54, 1.807) is 43.6 Å². The molecule has 2 amide bonds. The lowest BCUT2D eigenvalue weighted by molar-refractivity contribution is 0.0939. The van der Waals surface area contributed by atoms with Gasteiger partial charge in [0.05, 0.1) is 24.7 Å². The first-order chi connectivity index (χ1) is 16.9. The highest BCUT2D eigenvalue weighted by molar-refractivity contribution is 6.08. The maximum atomic E-state index is 12.9. The molecule has 0 radical (unpaired) electrons. The molecular formula is C27H28N4O4. The van der Waals surface area contributed by atoms with Crippen LogP contribution < -0.4 is 15.4 Å². The Morgan fingerprint density at radius 2 is 1.86 bits per heavy atom. The molecule has 2 aromatic carbocycles. The van der Waals surface area contributed by atoms with Crippen LogP contribution in [0, 0.1) is 0 Å². The van der Waals surface area contributed by atoms with Gasteiger partial charge in [-0.2, -0.15) is 5.10 Å². The number of aromatic nitrogens is 2. The molecule has 2 N–H and O–H groups in total. The summed E-state index contributed by atoms with van der Waals surface area (Å²) in [6.07, 6.45) is 2.99. The van der Waals surface area contributed by atoms with Gasteiger partial charge in [-0.05, 0) is 53.4 Å². The number of furan rings is 1. The molecule has 180 valence electrons. The van der Waals surface area contributed by atoms with Crippen molar-refractivity contribution in [1.29, 1.82) is 0 Å². The van der Waals surface area contributed by atoms with Gasteiger partial charge in [0.2, 0.25) is 0 Å². The highest BCUT2D eigenvalue weighted by Gasteiger charge is 2.19. The average molecular weight is 473 g/mol. The maximum Gasteiger partial charge on any atom is 0.272 e. The maximum absolute atomic E-state index is 12.9. The monoisotopic (exact) mass is 472 g/mol. The summed E-state index contributed by atoms with van der Waals surface area (Å²) < 4.78 is 12.5. The lowest BCUT2D eigenvalue weighted by Crippen LogP contribution is -2.26. The predicted octanol–water partition coefficient (Wildman–Crippen LogP) is 4.90. The summed E-state index contributed by atoms with van der Waals surface area (Å²) in [5, 5.41) is 9.69. The molecule has 8 heteroatoms. The molecule has 0 unspecified atom stereocenters. The van der Waals surface area contributed by atoms with Crippen molar-refractivity contribution in [3.05, 3.63) is 101 Å². The van der Waals surface area contributed by atoms with E-state index in [0.29, 0.717) is 29.5 Å². The lowest BCUT2D eigenvalue weighted by atomic mass is 10.0. The number of benzene rings is 2. The van der Waals surface area contributed by atoms with Gasteiger partial charge in [0, 0.05) is 12.6 Å². The van der Waals surface area contributed by atoms with Crippen molar-refractivity contribution in [2.75, 3.05) is 5.32 Å². The Morgan fingerprint density at radius 3 is 2.57 bits per heavy atom. The van der Waals surface area contributed by atoms with Crippen molar-refractivity contribution in [2.45, 2.75) is 32.9 Å². The van der Waals surface area contributed by atoms with Gasteiger partial charge in [0.25, 0.3) is 11.8 Å². The molecule has 0 fully saturated rings. The summed E-state index contributed by atoms with van der Waals surface area (Å²) in [7, 11) is 1.64. The van der Waals surface area contributed by atoms with E-state index < -0.39 is 0 Å². The molecule has 0 aliphatic carbocycles. The van der Waals surface area contributed by atoms with Gasteiger partial charge in [-0.3, -0.25) is 14.3 Å². The van der Waals surface area contributed by atoms with Crippen LogP contribution in [0.15, 0.2) is 77.5 Å². The van der Waals surface area contributed by atoms with Crippen LogP contribution in [0.2, 0.25) is 0 Å². The second-order valence-electron chi connectivity index (χ2n) is 8.46. The van der Waals surface area contributed by atoms with E-state index in [9.17, 15) is 9.59 Å². The number of anilines is 1. The molecule has 8 nitrogen and oxygen atoms in total. The Balaban J connectivity index is 1.39. The highest BCUT2D eigenvalue weighted by Crippen LogP contribution is 2.20. The molecule has 4 aromatic rings. The highest BCUT2D eigenvalue weighted by atomic mass is 16.5. The van der Waals surface area contributed by atoms with Crippen molar-refractivity contribution in [2.24, 2.45) is 7.05 Å². The number of nitrogens with zero attached hydrogens (tertiary/aromatic N) is 2. The SMILES string of the molecule is CC(C)c1ccc(OCc2cccc(C(=O)Nc3cnn(C)c3C(=O)NCc3ccco3)c2)cc1. The molecule has 0 spiro atoms. The van der Waals surface area contributed by atoms with Gasteiger partial charge in [0.1, 0.15) is 23.8 Å². The number of aryl methyl sites for hydroxylation is 1. The quantitative estimate of drug-likeness (QED) is 0.361. The smallest absolute Gasteiger partial charge is 0.272 e. The van der Waals surface area contributed by atoms with Crippen LogP contribution in [0.5, 0.6) is 5.75 Å². The normalized spacial score (nSPS) is 10.9. The number of amides is 2. The molecule has 0 aliphatic rings. The first-order valence-electron chi connectivity index (χ1n) is 11.4. The van der Waals surface area contributed by atoms with E-state index in [2.05, 4.69) is 41.7 Å². The summed E-state index contributed by atoms with van der Waals surface area (Å²) in [5.41, 5.74) is 3.12. The van der Waals surface area contributed by atoms with E-state index in [-0.39, 0.29) is 24.1 Å². The number of carbonyl (C=O) groups excluding carboxylic acids is 2. The molecule has 0 bridgehead atoms. The van der Waals surface area contributed by atoms with E-state index in [0.717, 1.165) is 11.3 Å². The molecule has 0 saturated carbocycles. The average Bonchev–Trinajstić information content (AvgIpc) is 3.51. The minimum Gasteiger partial charge on any atom is -0.489 e. The third-order valence-corrected chi connectivity index (χ3v) is 5.55. The Labute approximate surface area is 203 Å². The number of nitrogens with one attached hydrogen (secondary N) is 2. The molecule has 4 rings (SSSR count). The fourth-order valence-corrected chi connectivity index (χ4v) is 3.58. The van der Waals surface area contributed by atoms with Crippen molar-refractivity contribution in [1.82, 2.24) is 15.1 Å². The summed E-state index contributed by atoms with van der Waals surface area (Å²) in [6, 6.07) is 18.7. The number of ether oxygens (including phenoxy) is 1. The summed E-state index contributed by atoms with van der Waals surface area (Å²) in [4.78, 5) is 25.6. The van der Waals surface area contributed by atoms with Crippen molar-refractivity contribution in [3.63, 3.8) is 0 Å². The van der Waals surface area contributed by atoms with Crippen LogP contribution in [0.1, 0.15) is 57.5 Å². The molecular weight excluding hydrogens is 444 g/mol. The summed E-state index contributed by atoms with van der Waals surface area (Å²) in [5.74, 6) is 1.14. The van der Waals surface area contributed by atoms with Gasteiger partial charge in [0.15, 0.2) is 0 Å². The molecule has 0 atom stereocenters. The fraction of sp³-hybridized carbons (Fsp3) is 0.222. The number of carbonyl (C=O) groups is 2. The first-order valence-corrected chi connectivity index (χ1v) is 11.4. The number of hydrogen-bond donors (Lipinski definition) is 2. The standard InChI is InChI=1S/C27H28N4O4/c1-18(2)20-9-11-22(12-10-20)35-17-19-6-4-7-21(14-19)26(32)30-24-16-29-31(3)25(24)27(33)28-15-23-8-5-13-34-23/h4-14,16,18H,15,17H2,1-3H3,(H,28,33)(H,30,32).